The number of rotatable bonds is 9. The lowest BCUT2D eigenvalue weighted by atomic mass is 9.97. The van der Waals surface area contributed by atoms with E-state index in [1.165, 1.54) is 0 Å². The molecule has 0 aliphatic heterocycles. The Morgan fingerprint density at radius 3 is 2.59 bits per heavy atom. The summed E-state index contributed by atoms with van der Waals surface area (Å²) in [4.78, 5) is 22.3. The number of hydrogen-bond acceptors (Lipinski definition) is 4. The molecule has 6 heteroatoms. The summed E-state index contributed by atoms with van der Waals surface area (Å²) in [5.41, 5.74) is 5.96. The number of carbonyl (C=O) groups is 2. The van der Waals surface area contributed by atoms with E-state index in [0.717, 1.165) is 18.4 Å². The first-order valence-corrected chi connectivity index (χ1v) is 7.42. The summed E-state index contributed by atoms with van der Waals surface area (Å²) in [6.07, 6.45) is 0.642. The molecule has 1 rings (SSSR count). The summed E-state index contributed by atoms with van der Waals surface area (Å²) in [5.74, 6) is -0.877. The van der Waals surface area contributed by atoms with E-state index in [-0.39, 0.29) is 12.5 Å². The molecule has 122 valence electrons. The van der Waals surface area contributed by atoms with Crippen molar-refractivity contribution in [3.05, 3.63) is 35.9 Å². The summed E-state index contributed by atoms with van der Waals surface area (Å²) < 4.78 is 5.07. The van der Waals surface area contributed by atoms with E-state index in [1.54, 1.807) is 6.92 Å². The smallest absolute Gasteiger partial charge is 0.407 e. The highest BCUT2D eigenvalue weighted by molar-refractivity contribution is 5.78. The lowest BCUT2D eigenvalue weighted by Gasteiger charge is -2.15. The van der Waals surface area contributed by atoms with Crippen LogP contribution in [0.25, 0.3) is 0 Å². The third kappa shape index (κ3) is 7.08. The van der Waals surface area contributed by atoms with Crippen molar-refractivity contribution < 1.29 is 19.4 Å². The van der Waals surface area contributed by atoms with Crippen molar-refractivity contribution in [1.29, 1.82) is 0 Å². The average molecular weight is 308 g/mol. The van der Waals surface area contributed by atoms with Crippen molar-refractivity contribution in [2.24, 2.45) is 11.7 Å². The highest BCUT2D eigenvalue weighted by Crippen LogP contribution is 2.11. The predicted octanol–water partition coefficient (Wildman–Crippen LogP) is 1.57. The molecule has 1 aromatic rings. The Hall–Kier alpha value is -2.08. The Kier molecular flexibility index (Phi) is 7.99. The number of alkyl carbamates (subject to hydrolysis) is 1. The van der Waals surface area contributed by atoms with Crippen LogP contribution >= 0.6 is 0 Å². The Bertz CT molecular complexity index is 464. The van der Waals surface area contributed by atoms with Crippen molar-refractivity contribution in [2.45, 2.75) is 38.9 Å². The number of nitrogens with two attached hydrogens (primary N) is 1. The first kappa shape index (κ1) is 18.0. The van der Waals surface area contributed by atoms with Crippen LogP contribution in [0.2, 0.25) is 0 Å². The number of hydrogen-bond donors (Lipinski definition) is 3. The minimum atomic E-state index is -1.11. The number of ether oxygens (including phenoxy) is 1. The summed E-state index contributed by atoms with van der Waals surface area (Å²) >= 11 is 0. The minimum absolute atomic E-state index is 0.178. The van der Waals surface area contributed by atoms with E-state index in [2.05, 4.69) is 5.32 Å². The molecule has 4 N–H and O–H groups in total. The number of aliphatic hydroxyl groups excluding tert-OH is 1. The first-order valence-electron chi connectivity index (χ1n) is 7.42. The maximum absolute atomic E-state index is 11.5. The van der Waals surface area contributed by atoms with Crippen LogP contribution in [0.5, 0.6) is 0 Å². The number of aliphatic hydroxyl groups is 1. The van der Waals surface area contributed by atoms with E-state index in [0.29, 0.717) is 13.0 Å². The first-order chi connectivity index (χ1) is 10.5. The fourth-order valence-electron chi connectivity index (χ4n) is 1.99. The number of nitrogens with one attached hydrogen (secondary N) is 1. The lowest BCUT2D eigenvalue weighted by molar-refractivity contribution is -0.128. The van der Waals surface area contributed by atoms with Gasteiger partial charge in [0.25, 0.3) is 0 Å². The second-order valence-electron chi connectivity index (χ2n) is 5.31. The normalized spacial score (nSPS) is 13.2. The third-order valence-corrected chi connectivity index (χ3v) is 3.40. The molecule has 0 saturated heterocycles. The third-order valence-electron chi connectivity index (χ3n) is 3.40. The van der Waals surface area contributed by atoms with Gasteiger partial charge >= 0.3 is 6.09 Å². The standard InChI is InChI=1S/C16H24N2O4/c1-12(14(19)15(17)20)7-5-6-10-18-16(21)22-11-13-8-3-2-4-9-13/h2-4,8-9,12,14,19H,5-7,10-11H2,1H3,(H2,17,20)(H,18,21)/t12-,14?/m0/s1. The van der Waals surface area contributed by atoms with Crippen LogP contribution in [0.3, 0.4) is 0 Å². The zero-order valence-corrected chi connectivity index (χ0v) is 12.8. The molecule has 6 nitrogen and oxygen atoms in total. The number of primary amides is 1. The molecule has 0 spiro atoms. The van der Waals surface area contributed by atoms with Gasteiger partial charge in [0.2, 0.25) is 5.91 Å². The summed E-state index contributed by atoms with van der Waals surface area (Å²) in [5, 5.41) is 12.1. The van der Waals surface area contributed by atoms with Crippen LogP contribution < -0.4 is 11.1 Å². The summed E-state index contributed by atoms with van der Waals surface area (Å²) in [7, 11) is 0. The zero-order chi connectivity index (χ0) is 16.4. The van der Waals surface area contributed by atoms with E-state index in [9.17, 15) is 14.7 Å². The molecule has 1 aromatic carbocycles. The molecular weight excluding hydrogens is 284 g/mol. The molecule has 1 unspecified atom stereocenters. The highest BCUT2D eigenvalue weighted by Gasteiger charge is 2.18. The fourth-order valence-corrected chi connectivity index (χ4v) is 1.99. The van der Waals surface area contributed by atoms with Gasteiger partial charge in [-0.15, -0.1) is 0 Å². The quantitative estimate of drug-likeness (QED) is 0.603. The van der Waals surface area contributed by atoms with Gasteiger partial charge < -0.3 is 20.9 Å². The molecule has 22 heavy (non-hydrogen) atoms. The van der Waals surface area contributed by atoms with E-state index in [1.807, 2.05) is 30.3 Å². The number of benzene rings is 1. The lowest BCUT2D eigenvalue weighted by Crippen LogP contribution is -2.34. The van der Waals surface area contributed by atoms with E-state index in [4.69, 9.17) is 10.5 Å². The van der Waals surface area contributed by atoms with Crippen molar-refractivity contribution >= 4 is 12.0 Å². The van der Waals surface area contributed by atoms with Gasteiger partial charge in [0.15, 0.2) is 0 Å². The molecule has 0 fully saturated rings. The van der Waals surface area contributed by atoms with Gasteiger partial charge in [-0.25, -0.2) is 4.79 Å². The number of amides is 2. The number of carbonyl (C=O) groups excluding carboxylic acids is 2. The van der Waals surface area contributed by atoms with Crippen LogP contribution in [0, 0.1) is 5.92 Å². The number of unbranched alkanes of at least 4 members (excludes halogenated alkanes) is 1. The van der Waals surface area contributed by atoms with Gasteiger partial charge in [-0.1, -0.05) is 43.7 Å². The molecule has 0 aliphatic carbocycles. The second-order valence-corrected chi connectivity index (χ2v) is 5.31. The van der Waals surface area contributed by atoms with Crippen molar-refractivity contribution in [2.75, 3.05) is 6.54 Å². The largest absolute Gasteiger partial charge is 0.445 e. The Morgan fingerprint density at radius 2 is 1.95 bits per heavy atom. The maximum atomic E-state index is 11.5. The van der Waals surface area contributed by atoms with Crippen LogP contribution in [0.1, 0.15) is 31.7 Å². The molecule has 0 radical (unpaired) electrons. The predicted molar refractivity (Wildman–Crippen MR) is 82.8 cm³/mol. The van der Waals surface area contributed by atoms with Crippen LogP contribution in [0.15, 0.2) is 30.3 Å². The minimum Gasteiger partial charge on any atom is -0.445 e. The fraction of sp³-hybridized carbons (Fsp3) is 0.500. The molecule has 0 saturated carbocycles. The topological polar surface area (TPSA) is 102 Å². The van der Waals surface area contributed by atoms with Gasteiger partial charge in [0.05, 0.1) is 0 Å². The van der Waals surface area contributed by atoms with E-state index < -0.39 is 18.1 Å². The molecule has 2 atom stereocenters. The molecular formula is C16H24N2O4. The van der Waals surface area contributed by atoms with Crippen LogP contribution in [0.4, 0.5) is 4.79 Å². The van der Waals surface area contributed by atoms with Crippen molar-refractivity contribution in [1.82, 2.24) is 5.32 Å². The van der Waals surface area contributed by atoms with Crippen molar-refractivity contribution in [3.8, 4) is 0 Å². The second kappa shape index (κ2) is 9.78. The van der Waals surface area contributed by atoms with Gasteiger partial charge in [0, 0.05) is 6.54 Å². The Labute approximate surface area is 130 Å². The van der Waals surface area contributed by atoms with Gasteiger partial charge in [-0.05, 0) is 24.3 Å². The molecule has 0 bridgehead atoms. The van der Waals surface area contributed by atoms with Gasteiger partial charge in [0.1, 0.15) is 12.7 Å². The zero-order valence-electron chi connectivity index (χ0n) is 12.8. The molecule has 0 aromatic heterocycles. The van der Waals surface area contributed by atoms with Gasteiger partial charge in [-0.3, -0.25) is 4.79 Å². The average Bonchev–Trinajstić information content (AvgIpc) is 2.52. The van der Waals surface area contributed by atoms with Crippen LogP contribution in [-0.4, -0.2) is 29.8 Å². The summed E-state index contributed by atoms with van der Waals surface area (Å²) in [6, 6.07) is 9.45. The maximum Gasteiger partial charge on any atom is 0.407 e. The van der Waals surface area contributed by atoms with Crippen LogP contribution in [-0.2, 0) is 16.1 Å². The highest BCUT2D eigenvalue weighted by atomic mass is 16.5. The summed E-state index contributed by atoms with van der Waals surface area (Å²) in [6.45, 7) is 2.51. The molecule has 0 aliphatic rings. The molecule has 0 heterocycles. The Balaban J connectivity index is 2.07. The Morgan fingerprint density at radius 1 is 1.27 bits per heavy atom. The van der Waals surface area contributed by atoms with Gasteiger partial charge in [-0.2, -0.15) is 0 Å². The van der Waals surface area contributed by atoms with E-state index >= 15 is 0 Å². The van der Waals surface area contributed by atoms with Crippen molar-refractivity contribution in [3.63, 3.8) is 0 Å². The monoisotopic (exact) mass is 308 g/mol. The molecule has 2 amide bonds. The SMILES string of the molecule is C[C@@H](CCCCNC(=O)OCc1ccccc1)C(O)C(N)=O.